The molecule has 3 aromatic heterocycles. The van der Waals surface area contributed by atoms with Gasteiger partial charge in [0.25, 0.3) is 5.91 Å². The molecule has 0 aliphatic rings. The van der Waals surface area contributed by atoms with Crippen LogP contribution in [0.1, 0.15) is 6.92 Å². The summed E-state index contributed by atoms with van der Waals surface area (Å²) >= 11 is 8.56. The number of carbonyl (C=O) groups excluding carboxylic acids is 1. The Balaban J connectivity index is 1.80. The fraction of sp³-hybridized carbons (Fsp3) is 0.0625. The number of carbonyl (C=O) groups is 1. The molecule has 7 nitrogen and oxygen atoms in total. The van der Waals surface area contributed by atoms with E-state index < -0.39 is 5.91 Å². The van der Waals surface area contributed by atoms with Gasteiger partial charge in [-0.25, -0.2) is 9.97 Å². The van der Waals surface area contributed by atoms with Crippen LogP contribution in [-0.2, 0) is 4.79 Å². The minimum atomic E-state index is -0.405. The minimum Gasteiger partial charge on any atom is -0.444 e. The molecule has 0 aliphatic heterocycles. The Morgan fingerprint density at radius 1 is 1.38 bits per heavy atom. The first-order valence-electron chi connectivity index (χ1n) is 7.29. The number of pyridine rings is 1. The molecule has 0 unspecified atom stereocenters. The molecule has 0 spiro atoms. The number of allylic oxidation sites excluding steroid dienone is 1. The molecule has 26 heavy (non-hydrogen) atoms. The van der Waals surface area contributed by atoms with Crippen molar-refractivity contribution in [3.63, 3.8) is 0 Å². The van der Waals surface area contributed by atoms with Gasteiger partial charge in [0.2, 0.25) is 5.89 Å². The lowest BCUT2D eigenvalue weighted by Crippen LogP contribution is -2.17. The number of aromatic nitrogens is 2. The van der Waals surface area contributed by atoms with Gasteiger partial charge in [-0.1, -0.05) is 11.6 Å². The van der Waals surface area contributed by atoms with Crippen LogP contribution in [0.3, 0.4) is 0 Å². The molecule has 5 N–H and O–H groups in total. The maximum atomic E-state index is 12.1. The SMILES string of the molecule is C/C(N)=C(/SN)C(=O)Nc1ccc(-c2sc(-c3ncco3)cc2Cl)cn1. The fourth-order valence-electron chi connectivity index (χ4n) is 2.12. The Bertz CT molecular complexity index is 948. The maximum absolute atomic E-state index is 12.1. The van der Waals surface area contributed by atoms with Crippen LogP contribution >= 0.6 is 34.9 Å². The molecule has 0 atom stereocenters. The predicted molar refractivity (Wildman–Crippen MR) is 105 cm³/mol. The normalized spacial score (nSPS) is 12.0. The van der Waals surface area contributed by atoms with Crippen molar-refractivity contribution in [2.24, 2.45) is 10.9 Å². The van der Waals surface area contributed by atoms with E-state index in [1.54, 1.807) is 31.5 Å². The molecular weight excluding hydrogens is 394 g/mol. The highest BCUT2D eigenvalue weighted by molar-refractivity contribution is 8.01. The van der Waals surface area contributed by atoms with Gasteiger partial charge < -0.3 is 15.5 Å². The van der Waals surface area contributed by atoms with Crippen LogP contribution < -0.4 is 16.2 Å². The summed E-state index contributed by atoms with van der Waals surface area (Å²) in [5.74, 6) is 0.487. The van der Waals surface area contributed by atoms with E-state index in [9.17, 15) is 4.79 Å². The Morgan fingerprint density at radius 3 is 2.77 bits per heavy atom. The summed E-state index contributed by atoms with van der Waals surface area (Å²) < 4.78 is 5.29. The standard InChI is InChI=1S/C16H14ClN5O2S2/c1-8(18)13(26-19)15(23)22-12-3-2-9(7-21-12)14-10(17)6-11(25-14)16-20-4-5-24-16/h2-7H,18-19H2,1H3,(H,21,22,23)/b13-8-. The van der Waals surface area contributed by atoms with E-state index in [0.29, 0.717) is 22.4 Å². The summed E-state index contributed by atoms with van der Waals surface area (Å²) in [5, 5.41) is 8.69. The molecule has 0 aromatic carbocycles. The molecule has 0 bridgehead atoms. The molecule has 3 aromatic rings. The van der Waals surface area contributed by atoms with Gasteiger partial charge in [-0.15, -0.1) is 11.3 Å². The van der Waals surface area contributed by atoms with Crippen molar-refractivity contribution in [1.29, 1.82) is 0 Å². The van der Waals surface area contributed by atoms with Gasteiger partial charge in [-0.2, -0.15) is 0 Å². The molecule has 134 valence electrons. The first-order chi connectivity index (χ1) is 12.5. The first kappa shape index (κ1) is 18.5. The topological polar surface area (TPSA) is 120 Å². The van der Waals surface area contributed by atoms with Gasteiger partial charge >= 0.3 is 0 Å². The molecule has 0 radical (unpaired) electrons. The number of hydrogen-bond donors (Lipinski definition) is 3. The first-order valence-corrected chi connectivity index (χ1v) is 9.37. The molecule has 0 saturated carbocycles. The van der Waals surface area contributed by atoms with Crippen LogP contribution in [0.5, 0.6) is 0 Å². The fourth-order valence-corrected chi connectivity index (χ4v) is 3.84. The summed E-state index contributed by atoms with van der Waals surface area (Å²) in [5.41, 5.74) is 6.79. The van der Waals surface area contributed by atoms with Crippen molar-refractivity contribution in [1.82, 2.24) is 9.97 Å². The second kappa shape index (κ2) is 7.92. The maximum Gasteiger partial charge on any atom is 0.266 e. The highest BCUT2D eigenvalue weighted by Gasteiger charge is 2.15. The van der Waals surface area contributed by atoms with Crippen LogP contribution in [0.15, 0.2) is 51.9 Å². The van der Waals surface area contributed by atoms with E-state index in [4.69, 9.17) is 26.9 Å². The Labute approximate surface area is 162 Å². The van der Waals surface area contributed by atoms with Crippen LogP contribution in [0.4, 0.5) is 5.82 Å². The molecule has 0 fully saturated rings. The van der Waals surface area contributed by atoms with E-state index in [1.807, 2.05) is 6.07 Å². The minimum absolute atomic E-state index is 0.243. The van der Waals surface area contributed by atoms with Crippen molar-refractivity contribution >= 4 is 46.6 Å². The zero-order valence-corrected chi connectivity index (χ0v) is 15.9. The van der Waals surface area contributed by atoms with Gasteiger partial charge in [-0.05, 0) is 37.1 Å². The third-order valence-corrected chi connectivity index (χ3v) is 5.60. The number of halogens is 1. The number of anilines is 1. The van der Waals surface area contributed by atoms with E-state index in [1.165, 1.54) is 17.6 Å². The second-order valence-electron chi connectivity index (χ2n) is 5.14. The summed E-state index contributed by atoms with van der Waals surface area (Å²) in [6.07, 6.45) is 4.71. The summed E-state index contributed by atoms with van der Waals surface area (Å²) in [7, 11) is 0. The van der Waals surface area contributed by atoms with Crippen LogP contribution in [0.25, 0.3) is 21.2 Å². The van der Waals surface area contributed by atoms with E-state index in [2.05, 4.69) is 15.3 Å². The number of nitrogens with zero attached hydrogens (tertiary/aromatic N) is 2. The lowest BCUT2D eigenvalue weighted by Gasteiger charge is -2.07. The molecule has 0 saturated heterocycles. The van der Waals surface area contributed by atoms with Crippen molar-refractivity contribution in [3.8, 4) is 21.2 Å². The van der Waals surface area contributed by atoms with Crippen molar-refractivity contribution in [2.75, 3.05) is 5.32 Å². The number of thiophene rings is 1. The molecule has 1 amide bonds. The van der Waals surface area contributed by atoms with Gasteiger partial charge in [0.05, 0.1) is 21.0 Å². The highest BCUT2D eigenvalue weighted by atomic mass is 35.5. The van der Waals surface area contributed by atoms with Crippen molar-refractivity contribution < 1.29 is 9.21 Å². The monoisotopic (exact) mass is 407 g/mol. The van der Waals surface area contributed by atoms with Gasteiger partial charge in [-0.3, -0.25) is 9.93 Å². The zero-order chi connectivity index (χ0) is 18.7. The number of rotatable bonds is 5. The largest absolute Gasteiger partial charge is 0.444 e. The van der Waals surface area contributed by atoms with Gasteiger partial charge in [0.15, 0.2) is 0 Å². The Morgan fingerprint density at radius 2 is 2.19 bits per heavy atom. The summed E-state index contributed by atoms with van der Waals surface area (Å²) in [6, 6.07) is 5.29. The summed E-state index contributed by atoms with van der Waals surface area (Å²) in [6.45, 7) is 1.61. The summed E-state index contributed by atoms with van der Waals surface area (Å²) in [4.78, 5) is 22.4. The van der Waals surface area contributed by atoms with E-state index in [0.717, 1.165) is 27.3 Å². The highest BCUT2D eigenvalue weighted by Crippen LogP contribution is 2.40. The lowest BCUT2D eigenvalue weighted by molar-refractivity contribution is -0.112. The zero-order valence-electron chi connectivity index (χ0n) is 13.5. The molecular formula is C16H14ClN5O2S2. The quantitative estimate of drug-likeness (QED) is 0.433. The van der Waals surface area contributed by atoms with Gasteiger partial charge in [0, 0.05) is 17.5 Å². The third kappa shape index (κ3) is 3.91. The average Bonchev–Trinajstić information content (AvgIpc) is 3.25. The second-order valence-corrected chi connectivity index (χ2v) is 7.24. The molecule has 3 heterocycles. The number of nitrogens with one attached hydrogen (secondary N) is 1. The van der Waals surface area contributed by atoms with E-state index >= 15 is 0 Å². The average molecular weight is 408 g/mol. The number of oxazole rings is 1. The smallest absolute Gasteiger partial charge is 0.266 e. The molecule has 10 heteroatoms. The third-order valence-electron chi connectivity index (χ3n) is 3.28. The van der Waals surface area contributed by atoms with Crippen LogP contribution in [0.2, 0.25) is 5.02 Å². The number of nitrogens with two attached hydrogens (primary N) is 2. The van der Waals surface area contributed by atoms with Crippen molar-refractivity contribution in [3.05, 3.63) is 52.5 Å². The number of amides is 1. The Kier molecular flexibility index (Phi) is 5.62. The Hall–Kier alpha value is -2.33. The van der Waals surface area contributed by atoms with Crippen molar-refractivity contribution in [2.45, 2.75) is 6.92 Å². The number of hydrogen-bond acceptors (Lipinski definition) is 8. The van der Waals surface area contributed by atoms with Crippen LogP contribution in [0, 0.1) is 0 Å². The predicted octanol–water partition coefficient (Wildman–Crippen LogP) is 3.85. The van der Waals surface area contributed by atoms with Crippen LogP contribution in [-0.4, -0.2) is 15.9 Å². The van der Waals surface area contributed by atoms with Gasteiger partial charge in [0.1, 0.15) is 17.0 Å². The lowest BCUT2D eigenvalue weighted by atomic mass is 10.2. The molecule has 3 rings (SSSR count). The van der Waals surface area contributed by atoms with E-state index in [-0.39, 0.29) is 4.91 Å². The molecule has 0 aliphatic carbocycles.